The molecule has 1 aromatic carbocycles. The van der Waals surface area contributed by atoms with E-state index in [9.17, 15) is 18.0 Å². The second-order valence-electron chi connectivity index (χ2n) is 8.17. The third-order valence-electron chi connectivity index (χ3n) is 5.89. The third-order valence-corrected chi connectivity index (χ3v) is 6.21. The van der Waals surface area contributed by atoms with E-state index in [0.29, 0.717) is 43.9 Å². The first-order valence-corrected chi connectivity index (χ1v) is 10.8. The van der Waals surface area contributed by atoms with Crippen molar-refractivity contribution in [2.24, 2.45) is 0 Å². The number of carbonyl (C=O) groups excluding carboxylic acids is 1. The summed E-state index contributed by atoms with van der Waals surface area (Å²) in [5.41, 5.74) is -0.360. The smallest absolute Gasteiger partial charge is 0.280 e. The van der Waals surface area contributed by atoms with E-state index < -0.39 is 29.3 Å². The predicted molar refractivity (Wildman–Crippen MR) is 109 cm³/mol. The Labute approximate surface area is 191 Å². The normalized spacial score (nSPS) is 19.2. The first-order chi connectivity index (χ1) is 15.9. The monoisotopic (exact) mass is 481 g/mol. The number of carbonyl (C=O) groups is 1. The van der Waals surface area contributed by atoms with E-state index in [1.807, 2.05) is 0 Å². The SMILES string of the molecule is O=C(Cn1nc(-c2nc(C3(c4ccc(F)cc4Cl)CC3)no2)cc1C(F)F)N[C@@H]1CCOC1. The molecule has 1 aliphatic heterocycles. The first kappa shape index (κ1) is 21.9. The van der Waals surface area contributed by atoms with Gasteiger partial charge in [-0.2, -0.15) is 10.1 Å². The van der Waals surface area contributed by atoms with Crippen molar-refractivity contribution in [2.45, 2.75) is 43.7 Å². The molecule has 2 aliphatic rings. The van der Waals surface area contributed by atoms with Crippen molar-refractivity contribution in [2.75, 3.05) is 13.2 Å². The molecule has 1 N–H and O–H groups in total. The Balaban J connectivity index is 1.39. The maximum atomic E-state index is 13.6. The lowest BCUT2D eigenvalue weighted by Crippen LogP contribution is -2.37. The summed E-state index contributed by atoms with van der Waals surface area (Å²) < 4.78 is 52.1. The number of hydrogen-bond donors (Lipinski definition) is 1. The maximum absolute atomic E-state index is 13.6. The van der Waals surface area contributed by atoms with Crippen LogP contribution in [0.5, 0.6) is 0 Å². The number of hydrogen-bond acceptors (Lipinski definition) is 6. The number of alkyl halides is 2. The molecular weight excluding hydrogens is 463 g/mol. The molecule has 0 bridgehead atoms. The molecule has 1 aliphatic carbocycles. The Kier molecular flexibility index (Phi) is 5.61. The number of amides is 1. The van der Waals surface area contributed by atoms with Crippen molar-refractivity contribution >= 4 is 17.5 Å². The molecule has 8 nitrogen and oxygen atoms in total. The standard InChI is InChI=1S/C21H19ClF3N5O3/c22-14-7-11(23)1-2-13(14)21(4-5-21)20-27-19(33-29-20)15-8-16(18(24)25)30(28-15)9-17(31)26-12-3-6-32-10-12/h1-2,7-8,12,18H,3-6,9-10H2,(H,26,31)/t12-/m1/s1. The Hall–Kier alpha value is -2.92. The van der Waals surface area contributed by atoms with E-state index in [4.69, 9.17) is 20.9 Å². The van der Waals surface area contributed by atoms with Crippen LogP contribution in [0.3, 0.4) is 0 Å². The summed E-state index contributed by atoms with van der Waals surface area (Å²) in [6.45, 7) is 0.554. The zero-order chi connectivity index (χ0) is 23.2. The number of nitrogens with one attached hydrogen (secondary N) is 1. The molecule has 0 spiro atoms. The average Bonchev–Trinajstić information content (AvgIpc) is 3.16. The van der Waals surface area contributed by atoms with Gasteiger partial charge in [-0.25, -0.2) is 13.2 Å². The molecule has 1 amide bonds. The van der Waals surface area contributed by atoms with E-state index >= 15 is 0 Å². The number of halogens is 4. The fraction of sp³-hybridized carbons (Fsp3) is 0.429. The summed E-state index contributed by atoms with van der Waals surface area (Å²) in [6.07, 6.45) is -0.829. The first-order valence-electron chi connectivity index (χ1n) is 10.4. The van der Waals surface area contributed by atoms with Gasteiger partial charge in [-0.3, -0.25) is 9.48 Å². The van der Waals surface area contributed by atoms with Crippen molar-refractivity contribution in [3.05, 3.63) is 52.2 Å². The van der Waals surface area contributed by atoms with Crippen LogP contribution < -0.4 is 5.32 Å². The Morgan fingerprint density at radius 3 is 2.82 bits per heavy atom. The van der Waals surface area contributed by atoms with Crippen molar-refractivity contribution in [3.8, 4) is 11.6 Å². The summed E-state index contributed by atoms with van der Waals surface area (Å²) in [5.74, 6) is -0.642. The minimum absolute atomic E-state index is 0.0297. The lowest BCUT2D eigenvalue weighted by Gasteiger charge is -2.12. The molecule has 2 aromatic heterocycles. The molecule has 12 heteroatoms. The van der Waals surface area contributed by atoms with Gasteiger partial charge in [0.2, 0.25) is 5.91 Å². The maximum Gasteiger partial charge on any atom is 0.280 e. The van der Waals surface area contributed by atoms with Crippen molar-refractivity contribution in [3.63, 3.8) is 0 Å². The van der Waals surface area contributed by atoms with Crippen LogP contribution in [0.4, 0.5) is 13.2 Å². The quantitative estimate of drug-likeness (QED) is 0.553. The van der Waals surface area contributed by atoms with Gasteiger partial charge in [0.05, 0.1) is 18.1 Å². The summed E-state index contributed by atoms with van der Waals surface area (Å²) in [7, 11) is 0. The highest BCUT2D eigenvalue weighted by Gasteiger charge is 2.51. The lowest BCUT2D eigenvalue weighted by atomic mass is 9.95. The van der Waals surface area contributed by atoms with Crippen molar-refractivity contribution in [1.82, 2.24) is 25.2 Å². The second-order valence-corrected chi connectivity index (χ2v) is 8.58. The van der Waals surface area contributed by atoms with Gasteiger partial charge in [-0.1, -0.05) is 22.8 Å². The third kappa shape index (κ3) is 4.22. The van der Waals surface area contributed by atoms with Crippen molar-refractivity contribution < 1.29 is 27.2 Å². The Bertz CT molecular complexity index is 1190. The fourth-order valence-electron chi connectivity index (χ4n) is 4.03. The molecule has 33 heavy (non-hydrogen) atoms. The van der Waals surface area contributed by atoms with Gasteiger partial charge < -0.3 is 14.6 Å². The molecule has 0 unspecified atom stereocenters. The second kappa shape index (κ2) is 8.45. The van der Waals surface area contributed by atoms with E-state index in [1.165, 1.54) is 12.1 Å². The predicted octanol–water partition coefficient (Wildman–Crippen LogP) is 3.65. The highest BCUT2D eigenvalue weighted by atomic mass is 35.5. The van der Waals surface area contributed by atoms with Crippen LogP contribution in [0, 0.1) is 5.82 Å². The van der Waals surface area contributed by atoms with E-state index in [2.05, 4.69) is 20.6 Å². The summed E-state index contributed by atoms with van der Waals surface area (Å²) in [4.78, 5) is 16.6. The van der Waals surface area contributed by atoms with Crippen LogP contribution in [-0.2, 0) is 21.5 Å². The van der Waals surface area contributed by atoms with Crippen LogP contribution in [0.25, 0.3) is 11.6 Å². The van der Waals surface area contributed by atoms with E-state index in [0.717, 1.165) is 10.7 Å². The molecule has 2 fully saturated rings. The number of ether oxygens (including phenoxy) is 1. The summed E-state index contributed by atoms with van der Waals surface area (Å²) >= 11 is 6.23. The molecule has 5 rings (SSSR count). The van der Waals surface area contributed by atoms with Crippen LogP contribution in [0.15, 0.2) is 28.8 Å². The minimum atomic E-state index is -2.86. The van der Waals surface area contributed by atoms with Crippen LogP contribution >= 0.6 is 11.6 Å². The van der Waals surface area contributed by atoms with Crippen LogP contribution in [0.1, 0.15) is 42.8 Å². The van der Waals surface area contributed by atoms with Crippen LogP contribution in [-0.4, -0.2) is 45.1 Å². The largest absolute Gasteiger partial charge is 0.379 e. The van der Waals surface area contributed by atoms with E-state index in [1.54, 1.807) is 6.07 Å². The van der Waals surface area contributed by atoms with Gasteiger partial charge in [0.25, 0.3) is 12.3 Å². The minimum Gasteiger partial charge on any atom is -0.379 e. The molecule has 3 heterocycles. The Morgan fingerprint density at radius 2 is 2.15 bits per heavy atom. The van der Waals surface area contributed by atoms with Gasteiger partial charge in [0, 0.05) is 11.6 Å². The molecule has 1 saturated carbocycles. The van der Waals surface area contributed by atoms with Gasteiger partial charge >= 0.3 is 0 Å². The lowest BCUT2D eigenvalue weighted by molar-refractivity contribution is -0.122. The van der Waals surface area contributed by atoms with E-state index in [-0.39, 0.29) is 29.2 Å². The number of rotatable bonds is 7. The van der Waals surface area contributed by atoms with Crippen molar-refractivity contribution in [1.29, 1.82) is 0 Å². The Morgan fingerprint density at radius 1 is 1.33 bits per heavy atom. The molecule has 1 atom stereocenters. The molecule has 1 saturated heterocycles. The molecule has 3 aromatic rings. The summed E-state index contributed by atoms with van der Waals surface area (Å²) in [5, 5.41) is 11.1. The highest BCUT2D eigenvalue weighted by molar-refractivity contribution is 6.31. The van der Waals surface area contributed by atoms with Gasteiger partial charge in [0.15, 0.2) is 11.5 Å². The fourth-order valence-corrected chi connectivity index (χ4v) is 4.38. The molecule has 0 radical (unpaired) electrons. The number of nitrogens with zero attached hydrogens (tertiary/aromatic N) is 4. The number of aromatic nitrogens is 4. The highest BCUT2D eigenvalue weighted by Crippen LogP contribution is 2.54. The molecule has 174 valence electrons. The van der Waals surface area contributed by atoms with Gasteiger partial charge in [-0.05, 0) is 43.0 Å². The molecular formula is C21H19ClF3N5O3. The number of benzene rings is 1. The summed E-state index contributed by atoms with van der Waals surface area (Å²) in [6, 6.07) is 5.09. The average molecular weight is 482 g/mol. The van der Waals surface area contributed by atoms with Gasteiger partial charge in [-0.15, -0.1) is 0 Å². The zero-order valence-corrected chi connectivity index (χ0v) is 18.0. The zero-order valence-electron chi connectivity index (χ0n) is 17.2. The van der Waals surface area contributed by atoms with Gasteiger partial charge in [0.1, 0.15) is 18.1 Å². The topological polar surface area (TPSA) is 95.1 Å². The van der Waals surface area contributed by atoms with Crippen LogP contribution in [0.2, 0.25) is 5.02 Å².